The molecule has 5 N–H and O–H groups in total. The van der Waals surface area contributed by atoms with E-state index in [1.807, 2.05) is 12.1 Å². The molecule has 3 aromatic carbocycles. The highest BCUT2D eigenvalue weighted by molar-refractivity contribution is 6.06. The van der Waals surface area contributed by atoms with Crippen LogP contribution in [0.2, 0.25) is 0 Å². The summed E-state index contributed by atoms with van der Waals surface area (Å²) >= 11 is 0. The lowest BCUT2D eigenvalue weighted by molar-refractivity contribution is -0.123. The van der Waals surface area contributed by atoms with Crippen molar-refractivity contribution in [3.05, 3.63) is 113 Å². The van der Waals surface area contributed by atoms with E-state index in [9.17, 15) is 29.4 Å². The lowest BCUT2D eigenvalue weighted by Crippen LogP contribution is -2.45. The van der Waals surface area contributed by atoms with E-state index >= 15 is 0 Å². The van der Waals surface area contributed by atoms with Gasteiger partial charge >= 0.3 is 0 Å². The van der Waals surface area contributed by atoms with Crippen LogP contribution in [0.4, 0.5) is 0 Å². The molecule has 0 saturated heterocycles. The Bertz CT molecular complexity index is 1870. The van der Waals surface area contributed by atoms with Gasteiger partial charge in [0.1, 0.15) is 0 Å². The minimum atomic E-state index is -1.11. The summed E-state index contributed by atoms with van der Waals surface area (Å²) in [6, 6.07) is 21.3. The smallest absolute Gasteiger partial charge is 0.244 e. The van der Waals surface area contributed by atoms with E-state index in [0.29, 0.717) is 22.6 Å². The number of benzene rings is 3. The van der Waals surface area contributed by atoms with Crippen LogP contribution in [-0.2, 0) is 20.8 Å². The number of fused-ring (bicyclic) bond motifs is 1. The Kier molecular flexibility index (Phi) is 10.7. The normalized spacial score (nSPS) is 13.2. The maximum Gasteiger partial charge on any atom is 0.244 e. The number of carbonyl (C=O) groups is 4. The van der Waals surface area contributed by atoms with Gasteiger partial charge in [-0.05, 0) is 47.7 Å². The summed E-state index contributed by atoms with van der Waals surface area (Å²) in [5, 5.41) is 27.4. The summed E-state index contributed by atoms with van der Waals surface area (Å²) in [6.07, 6.45) is 2.75. The molecule has 2 atom stereocenters. The van der Waals surface area contributed by atoms with Crippen molar-refractivity contribution in [2.45, 2.75) is 45.7 Å². The van der Waals surface area contributed by atoms with E-state index in [0.717, 1.165) is 10.2 Å². The monoisotopic (exact) mass is 666 g/mol. The van der Waals surface area contributed by atoms with Gasteiger partial charge in [0.2, 0.25) is 36.3 Å². The van der Waals surface area contributed by atoms with Crippen molar-refractivity contribution >= 4 is 29.6 Å². The third kappa shape index (κ3) is 8.28. The minimum Gasteiger partial charge on any atom is -0.493 e. The van der Waals surface area contributed by atoms with Gasteiger partial charge in [-0.3, -0.25) is 24.6 Å². The Morgan fingerprint density at radius 3 is 2.22 bits per heavy atom. The maximum atomic E-state index is 13.8. The molecule has 49 heavy (non-hydrogen) atoms. The van der Waals surface area contributed by atoms with E-state index in [2.05, 4.69) is 16.1 Å². The summed E-state index contributed by atoms with van der Waals surface area (Å²) in [7, 11) is 0. The van der Waals surface area contributed by atoms with Crippen LogP contribution in [0.15, 0.2) is 84.9 Å². The number of Topliss-reactive ketones (excluding diaryl/α,β-unsaturated/α-hetero) is 1. The molecule has 3 amide bonds. The molecule has 0 saturated carbocycles. The van der Waals surface area contributed by atoms with E-state index in [-0.39, 0.29) is 30.8 Å². The number of amides is 3. The van der Waals surface area contributed by atoms with Crippen molar-refractivity contribution in [1.29, 1.82) is 0 Å². The molecular weight excluding hydrogens is 628 g/mol. The molecule has 254 valence electrons. The molecule has 1 aromatic heterocycles. The molecule has 12 heteroatoms. The number of nitrogens with zero attached hydrogens (tertiary/aromatic N) is 1. The minimum absolute atomic E-state index is 0.0295. The van der Waals surface area contributed by atoms with Crippen LogP contribution in [0, 0.1) is 12.8 Å². The number of hydrogen-bond acceptors (Lipinski definition) is 8. The van der Waals surface area contributed by atoms with Gasteiger partial charge in [0.15, 0.2) is 17.3 Å². The highest BCUT2D eigenvalue weighted by Crippen LogP contribution is 2.34. The van der Waals surface area contributed by atoms with Crippen LogP contribution in [0.3, 0.4) is 0 Å². The van der Waals surface area contributed by atoms with Gasteiger partial charge in [0.05, 0.1) is 30.5 Å². The molecule has 1 aliphatic rings. The van der Waals surface area contributed by atoms with Crippen LogP contribution in [-0.4, -0.2) is 51.2 Å². The van der Waals surface area contributed by atoms with Gasteiger partial charge in [-0.25, -0.2) is 0 Å². The quantitative estimate of drug-likeness (QED) is 0.102. The van der Waals surface area contributed by atoms with Crippen molar-refractivity contribution < 1.29 is 38.9 Å². The second-order valence-corrected chi connectivity index (χ2v) is 12.0. The lowest BCUT2D eigenvalue weighted by atomic mass is 9.93. The molecule has 2 heterocycles. The number of hydrogen-bond donors (Lipinski definition) is 5. The molecule has 1 aliphatic heterocycles. The van der Waals surface area contributed by atoms with Gasteiger partial charge in [-0.2, -0.15) is 4.68 Å². The Morgan fingerprint density at radius 2 is 1.53 bits per heavy atom. The summed E-state index contributed by atoms with van der Waals surface area (Å²) in [5.41, 5.74) is 4.34. The number of nitrogens with one attached hydrogen (secondary N) is 3. The molecule has 0 fully saturated rings. The SMILES string of the molecule is Cc1c(C(=O)[C@@H](NC(=O)C[C@H](NC(=O)C=Cc2ccc3c(c2)OCO3)c2ccccc2)C(C)C)c(O)n(NC(=O)Cc2ccccc2)c1O. The fourth-order valence-corrected chi connectivity index (χ4v) is 5.46. The summed E-state index contributed by atoms with van der Waals surface area (Å²) in [4.78, 5) is 53.0. The molecule has 0 spiro atoms. The standard InChI is InChI=1S/C37H38N4O8/c1-22(2)34(35(45)33-23(3)36(46)41(37(33)47)40-32(44)19-24-10-6-4-7-11-24)39-31(43)20-27(26-12-8-5-9-13-26)38-30(42)17-15-25-14-16-28-29(18-25)49-21-48-28/h4-18,22,27,34,46-47H,19-21H2,1-3H3,(H,38,42)(H,39,43)(H,40,44)/t27-,34-/m0/s1. The Hall–Kier alpha value is -6.04. The fraction of sp³-hybridized carbons (Fsp3) is 0.243. The van der Waals surface area contributed by atoms with Crippen molar-refractivity contribution in [2.24, 2.45) is 5.92 Å². The number of rotatable bonds is 13. The third-order valence-electron chi connectivity index (χ3n) is 8.05. The first-order valence-electron chi connectivity index (χ1n) is 15.8. The average molecular weight is 667 g/mol. The van der Waals surface area contributed by atoms with Crippen LogP contribution in [0.25, 0.3) is 6.08 Å². The average Bonchev–Trinajstić information content (AvgIpc) is 3.64. The molecule has 0 unspecified atom stereocenters. The first kappa shape index (κ1) is 34.3. The van der Waals surface area contributed by atoms with Crippen LogP contribution < -0.4 is 25.5 Å². The van der Waals surface area contributed by atoms with Crippen molar-refractivity contribution in [3.8, 4) is 23.3 Å². The second kappa shape index (κ2) is 15.2. The predicted molar refractivity (Wildman–Crippen MR) is 182 cm³/mol. The van der Waals surface area contributed by atoms with Crippen LogP contribution in [0.1, 0.15) is 58.9 Å². The number of ketones is 1. The molecule has 12 nitrogen and oxygen atoms in total. The molecule has 0 aliphatic carbocycles. The van der Waals surface area contributed by atoms with Crippen molar-refractivity contribution in [3.63, 3.8) is 0 Å². The van der Waals surface area contributed by atoms with E-state index in [1.54, 1.807) is 86.7 Å². The topological polar surface area (TPSA) is 168 Å². The van der Waals surface area contributed by atoms with Crippen molar-refractivity contribution in [2.75, 3.05) is 12.2 Å². The number of carbonyl (C=O) groups excluding carboxylic acids is 4. The summed E-state index contributed by atoms with van der Waals surface area (Å²) < 4.78 is 11.5. The zero-order valence-corrected chi connectivity index (χ0v) is 27.3. The Morgan fingerprint density at radius 1 is 0.857 bits per heavy atom. The largest absolute Gasteiger partial charge is 0.493 e. The van der Waals surface area contributed by atoms with Crippen LogP contribution in [0.5, 0.6) is 23.3 Å². The zero-order valence-electron chi connectivity index (χ0n) is 27.3. The van der Waals surface area contributed by atoms with E-state index in [1.165, 1.54) is 13.0 Å². The first-order chi connectivity index (χ1) is 23.5. The summed E-state index contributed by atoms with van der Waals surface area (Å²) in [6.45, 7) is 5.02. The number of aromatic nitrogens is 1. The third-order valence-corrected chi connectivity index (χ3v) is 8.05. The molecular formula is C37H38N4O8. The first-order valence-corrected chi connectivity index (χ1v) is 15.8. The highest BCUT2D eigenvalue weighted by atomic mass is 16.7. The van der Waals surface area contributed by atoms with Gasteiger partial charge < -0.3 is 30.3 Å². The fourth-order valence-electron chi connectivity index (χ4n) is 5.46. The molecule has 4 aromatic rings. The van der Waals surface area contributed by atoms with Crippen molar-refractivity contribution in [1.82, 2.24) is 15.3 Å². The van der Waals surface area contributed by atoms with Crippen LogP contribution >= 0.6 is 0 Å². The highest BCUT2D eigenvalue weighted by Gasteiger charge is 2.34. The predicted octanol–water partition coefficient (Wildman–Crippen LogP) is 4.53. The zero-order chi connectivity index (χ0) is 35.1. The van der Waals surface area contributed by atoms with E-state index in [4.69, 9.17) is 9.47 Å². The summed E-state index contributed by atoms with van der Waals surface area (Å²) in [5.74, 6) is -2.56. The van der Waals surface area contributed by atoms with Gasteiger partial charge in [0, 0.05) is 11.6 Å². The van der Waals surface area contributed by atoms with E-state index < -0.39 is 53.3 Å². The Balaban J connectivity index is 1.28. The molecule has 5 rings (SSSR count). The number of ether oxygens (including phenoxy) is 2. The molecule has 0 radical (unpaired) electrons. The van der Waals surface area contributed by atoms with Gasteiger partial charge in [-0.15, -0.1) is 0 Å². The van der Waals surface area contributed by atoms with Gasteiger partial charge in [0.25, 0.3) is 0 Å². The van der Waals surface area contributed by atoms with Gasteiger partial charge in [-0.1, -0.05) is 80.6 Å². The number of aromatic hydroxyl groups is 2. The second-order valence-electron chi connectivity index (χ2n) is 12.0. The molecule has 0 bridgehead atoms. The lowest BCUT2D eigenvalue weighted by Gasteiger charge is -2.24. The Labute approximate surface area is 283 Å². The maximum absolute atomic E-state index is 13.8.